The van der Waals surface area contributed by atoms with Gasteiger partial charge in [0.15, 0.2) is 0 Å². The van der Waals surface area contributed by atoms with Gasteiger partial charge >= 0.3 is 6.18 Å². The minimum Gasteiger partial charge on any atom is -0.299 e. The average Bonchev–Trinajstić information content (AvgIpc) is 2.34. The number of aryl methyl sites for hydroxylation is 1. The average molecular weight is 258 g/mol. The van der Waals surface area contributed by atoms with E-state index in [0.29, 0.717) is 12.8 Å². The molecule has 0 aliphatic rings. The highest BCUT2D eigenvalue weighted by molar-refractivity contribution is 5.80. The molecule has 0 N–H and O–H groups in total. The van der Waals surface area contributed by atoms with E-state index in [9.17, 15) is 18.0 Å². The highest BCUT2D eigenvalue weighted by Gasteiger charge is 2.29. The number of hydrogen-bond donors (Lipinski definition) is 0. The Bertz CT molecular complexity index is 392. The molecule has 4 heteroatoms. The van der Waals surface area contributed by atoms with Crippen molar-refractivity contribution in [1.82, 2.24) is 0 Å². The number of benzene rings is 1. The number of halogens is 3. The normalized spacial score (nSPS) is 13.4. The SMILES string of the molecule is CCC(C)C(=O)CCc1ccc(C(F)(F)F)cc1. The standard InChI is InChI=1S/C14H17F3O/c1-3-10(2)13(18)9-6-11-4-7-12(8-5-11)14(15,16)17/h4-5,7-8,10H,3,6,9H2,1-2H3. The van der Waals surface area contributed by atoms with Crippen molar-refractivity contribution in [3.8, 4) is 0 Å². The first-order valence-corrected chi connectivity index (χ1v) is 6.03. The van der Waals surface area contributed by atoms with Crippen LogP contribution in [0.25, 0.3) is 0 Å². The molecule has 0 spiro atoms. The first-order chi connectivity index (χ1) is 8.34. The quantitative estimate of drug-likeness (QED) is 0.771. The van der Waals surface area contributed by atoms with Gasteiger partial charge in [-0.05, 0) is 30.5 Å². The number of carbonyl (C=O) groups excluding carboxylic acids is 1. The molecule has 0 fully saturated rings. The Labute approximate surface area is 105 Å². The van der Waals surface area contributed by atoms with Gasteiger partial charge < -0.3 is 0 Å². The Balaban J connectivity index is 2.57. The van der Waals surface area contributed by atoms with Gasteiger partial charge in [0.05, 0.1) is 5.56 Å². The fraction of sp³-hybridized carbons (Fsp3) is 0.500. The van der Waals surface area contributed by atoms with E-state index in [1.165, 1.54) is 12.1 Å². The van der Waals surface area contributed by atoms with E-state index in [1.54, 1.807) is 0 Å². The van der Waals surface area contributed by atoms with Crippen LogP contribution >= 0.6 is 0 Å². The molecule has 1 aromatic rings. The molecule has 0 bridgehead atoms. The fourth-order valence-corrected chi connectivity index (χ4v) is 1.60. The molecule has 100 valence electrons. The second kappa shape index (κ2) is 6.03. The molecule has 18 heavy (non-hydrogen) atoms. The lowest BCUT2D eigenvalue weighted by Gasteiger charge is -2.09. The lowest BCUT2D eigenvalue weighted by atomic mass is 9.97. The van der Waals surface area contributed by atoms with Gasteiger partial charge in [-0.3, -0.25) is 4.79 Å². The van der Waals surface area contributed by atoms with E-state index in [2.05, 4.69) is 0 Å². The summed E-state index contributed by atoms with van der Waals surface area (Å²) in [6.45, 7) is 3.82. The molecule has 0 aliphatic heterocycles. The van der Waals surface area contributed by atoms with Crippen LogP contribution in [0.15, 0.2) is 24.3 Å². The van der Waals surface area contributed by atoms with E-state index in [-0.39, 0.29) is 11.7 Å². The van der Waals surface area contributed by atoms with Gasteiger partial charge in [0.25, 0.3) is 0 Å². The van der Waals surface area contributed by atoms with Crippen LogP contribution in [-0.2, 0) is 17.4 Å². The van der Waals surface area contributed by atoms with Gasteiger partial charge in [-0.15, -0.1) is 0 Å². The van der Waals surface area contributed by atoms with E-state index in [4.69, 9.17) is 0 Å². The zero-order valence-electron chi connectivity index (χ0n) is 10.6. The molecule has 0 heterocycles. The van der Waals surface area contributed by atoms with Crippen LogP contribution in [0.4, 0.5) is 13.2 Å². The van der Waals surface area contributed by atoms with Crippen LogP contribution in [0, 0.1) is 5.92 Å². The molecule has 0 aliphatic carbocycles. The lowest BCUT2D eigenvalue weighted by molar-refractivity contribution is -0.137. The zero-order valence-corrected chi connectivity index (χ0v) is 10.6. The van der Waals surface area contributed by atoms with Gasteiger partial charge in [-0.25, -0.2) is 0 Å². The number of alkyl halides is 3. The molecule has 0 amide bonds. The number of rotatable bonds is 5. The number of ketones is 1. The van der Waals surface area contributed by atoms with Crippen molar-refractivity contribution in [3.63, 3.8) is 0 Å². The van der Waals surface area contributed by atoms with Gasteiger partial charge in [-0.1, -0.05) is 26.0 Å². The van der Waals surface area contributed by atoms with Gasteiger partial charge in [-0.2, -0.15) is 13.2 Å². The molecule has 1 nitrogen and oxygen atoms in total. The minimum atomic E-state index is -4.30. The molecule has 0 radical (unpaired) electrons. The third kappa shape index (κ3) is 4.17. The smallest absolute Gasteiger partial charge is 0.299 e. The maximum absolute atomic E-state index is 12.3. The molecular formula is C14H17F3O. The summed E-state index contributed by atoms with van der Waals surface area (Å²) in [6.07, 6.45) is -2.61. The Kier molecular flexibility index (Phi) is 4.93. The van der Waals surface area contributed by atoms with Crippen LogP contribution in [0.1, 0.15) is 37.8 Å². The molecule has 1 rings (SSSR count). The van der Waals surface area contributed by atoms with Crippen LogP contribution in [0.5, 0.6) is 0 Å². The van der Waals surface area contributed by atoms with Crippen molar-refractivity contribution in [2.45, 2.75) is 39.3 Å². The largest absolute Gasteiger partial charge is 0.416 e. The minimum absolute atomic E-state index is 0.0273. The van der Waals surface area contributed by atoms with Crippen molar-refractivity contribution < 1.29 is 18.0 Å². The second-order valence-electron chi connectivity index (χ2n) is 4.47. The van der Waals surface area contributed by atoms with E-state index < -0.39 is 11.7 Å². The Morgan fingerprint density at radius 1 is 1.22 bits per heavy atom. The van der Waals surface area contributed by atoms with Gasteiger partial charge in [0.2, 0.25) is 0 Å². The highest BCUT2D eigenvalue weighted by Crippen LogP contribution is 2.29. The molecule has 1 aromatic carbocycles. The summed E-state index contributed by atoms with van der Waals surface area (Å²) in [5.74, 6) is 0.192. The van der Waals surface area contributed by atoms with Crippen LogP contribution in [0.2, 0.25) is 0 Å². The van der Waals surface area contributed by atoms with Crippen LogP contribution in [0.3, 0.4) is 0 Å². The predicted molar refractivity (Wildman–Crippen MR) is 64.2 cm³/mol. The molecule has 0 saturated heterocycles. The Morgan fingerprint density at radius 2 is 1.78 bits per heavy atom. The van der Waals surface area contributed by atoms with Gasteiger partial charge in [0.1, 0.15) is 5.78 Å². The predicted octanol–water partition coefficient (Wildman–Crippen LogP) is 4.25. The number of Topliss-reactive ketones (excluding diaryl/α,β-unsaturated/α-hetero) is 1. The second-order valence-corrected chi connectivity index (χ2v) is 4.47. The topological polar surface area (TPSA) is 17.1 Å². The number of hydrogen-bond acceptors (Lipinski definition) is 1. The van der Waals surface area contributed by atoms with Crippen molar-refractivity contribution in [2.24, 2.45) is 5.92 Å². The van der Waals surface area contributed by atoms with Crippen molar-refractivity contribution >= 4 is 5.78 Å². The highest BCUT2D eigenvalue weighted by atomic mass is 19.4. The monoisotopic (exact) mass is 258 g/mol. The Morgan fingerprint density at radius 3 is 2.22 bits per heavy atom. The Hall–Kier alpha value is -1.32. The van der Waals surface area contributed by atoms with E-state index >= 15 is 0 Å². The van der Waals surface area contributed by atoms with Crippen molar-refractivity contribution in [1.29, 1.82) is 0 Å². The summed E-state index contributed by atoms with van der Waals surface area (Å²) in [5.41, 5.74) is 0.110. The number of carbonyl (C=O) groups is 1. The summed E-state index contributed by atoms with van der Waals surface area (Å²) < 4.78 is 37.0. The fourth-order valence-electron chi connectivity index (χ4n) is 1.60. The molecule has 0 aromatic heterocycles. The van der Waals surface area contributed by atoms with E-state index in [1.807, 2.05) is 13.8 Å². The molecule has 0 saturated carbocycles. The first-order valence-electron chi connectivity index (χ1n) is 6.03. The summed E-state index contributed by atoms with van der Waals surface area (Å²) in [5, 5.41) is 0. The third-order valence-corrected chi connectivity index (χ3v) is 3.10. The van der Waals surface area contributed by atoms with E-state index in [0.717, 1.165) is 24.1 Å². The summed E-state index contributed by atoms with van der Waals surface area (Å²) in [4.78, 5) is 11.6. The molecule has 1 unspecified atom stereocenters. The third-order valence-electron chi connectivity index (χ3n) is 3.10. The first kappa shape index (κ1) is 14.7. The summed E-state index contributed by atoms with van der Waals surface area (Å²) in [7, 11) is 0. The lowest BCUT2D eigenvalue weighted by Crippen LogP contribution is -2.10. The van der Waals surface area contributed by atoms with Crippen molar-refractivity contribution in [3.05, 3.63) is 35.4 Å². The zero-order chi connectivity index (χ0) is 13.8. The maximum Gasteiger partial charge on any atom is 0.416 e. The van der Waals surface area contributed by atoms with Crippen LogP contribution in [-0.4, -0.2) is 5.78 Å². The maximum atomic E-state index is 12.3. The summed E-state index contributed by atoms with van der Waals surface area (Å²) in [6, 6.07) is 4.99. The van der Waals surface area contributed by atoms with Crippen molar-refractivity contribution in [2.75, 3.05) is 0 Å². The van der Waals surface area contributed by atoms with Gasteiger partial charge in [0, 0.05) is 12.3 Å². The molecule has 1 atom stereocenters. The summed E-state index contributed by atoms with van der Waals surface area (Å²) >= 11 is 0. The van der Waals surface area contributed by atoms with Crippen LogP contribution < -0.4 is 0 Å². The molecular weight excluding hydrogens is 241 g/mol.